The van der Waals surface area contributed by atoms with Crippen LogP contribution >= 0.6 is 0 Å². The van der Waals surface area contributed by atoms with Gasteiger partial charge in [-0.3, -0.25) is 19.8 Å². The molecular formula is C19H16F6N6O3. The normalized spacial score (nSPS) is 15.4. The molecule has 34 heavy (non-hydrogen) atoms. The summed E-state index contributed by atoms with van der Waals surface area (Å²) < 4.78 is 79.1. The van der Waals surface area contributed by atoms with E-state index < -0.39 is 52.6 Å². The molecule has 2 heterocycles. The van der Waals surface area contributed by atoms with Crippen molar-refractivity contribution >= 4 is 23.9 Å². The van der Waals surface area contributed by atoms with E-state index in [-0.39, 0.29) is 19.2 Å². The molecule has 3 amide bonds. The number of amides is 3. The maximum atomic E-state index is 13.0. The minimum atomic E-state index is -5.03. The molecule has 1 aliphatic rings. The largest absolute Gasteiger partial charge is 0.416 e. The van der Waals surface area contributed by atoms with E-state index >= 15 is 0 Å². The van der Waals surface area contributed by atoms with Gasteiger partial charge in [0.25, 0.3) is 5.91 Å². The molecule has 2 aromatic rings. The molecule has 3 rings (SSSR count). The van der Waals surface area contributed by atoms with E-state index in [0.29, 0.717) is 18.7 Å². The van der Waals surface area contributed by atoms with Crippen molar-refractivity contribution < 1.29 is 40.7 Å². The quantitative estimate of drug-likeness (QED) is 0.394. The number of benzene rings is 1. The summed E-state index contributed by atoms with van der Waals surface area (Å²) >= 11 is 0. The highest BCUT2D eigenvalue weighted by Gasteiger charge is 2.37. The van der Waals surface area contributed by atoms with Crippen LogP contribution in [0.25, 0.3) is 17.6 Å². The van der Waals surface area contributed by atoms with Gasteiger partial charge in [-0.1, -0.05) is 0 Å². The maximum Gasteiger partial charge on any atom is 0.416 e. The third-order valence-electron chi connectivity index (χ3n) is 4.67. The number of piperazine rings is 1. The first-order valence-corrected chi connectivity index (χ1v) is 9.60. The fraction of sp³-hybridized carbons (Fsp3) is 0.316. The molecule has 1 saturated heterocycles. The third-order valence-corrected chi connectivity index (χ3v) is 4.67. The fourth-order valence-electron chi connectivity index (χ4n) is 2.96. The van der Waals surface area contributed by atoms with Crippen molar-refractivity contribution in [2.24, 2.45) is 0 Å². The molecule has 182 valence electrons. The second-order valence-corrected chi connectivity index (χ2v) is 6.98. The van der Waals surface area contributed by atoms with Crippen molar-refractivity contribution in [1.82, 2.24) is 30.1 Å². The monoisotopic (exact) mass is 490 g/mol. The number of carbonyl (C=O) groups is 3. The average Bonchev–Trinajstić information content (AvgIpc) is 3.23. The lowest BCUT2D eigenvalue weighted by Crippen LogP contribution is -2.59. The summed E-state index contributed by atoms with van der Waals surface area (Å²) in [6.07, 6.45) is -7.20. The third kappa shape index (κ3) is 5.52. The van der Waals surface area contributed by atoms with Crippen LogP contribution in [0.5, 0.6) is 0 Å². The van der Waals surface area contributed by atoms with Gasteiger partial charge in [-0.25, -0.2) is 14.7 Å². The molecule has 0 spiro atoms. The molecule has 15 heteroatoms. The molecule has 0 aliphatic carbocycles. The summed E-state index contributed by atoms with van der Waals surface area (Å²) in [5.41, 5.74) is -1.38. The lowest BCUT2D eigenvalue weighted by Gasteiger charge is -2.32. The van der Waals surface area contributed by atoms with Crippen molar-refractivity contribution in [3.63, 3.8) is 0 Å². The van der Waals surface area contributed by atoms with Crippen molar-refractivity contribution in [2.45, 2.75) is 19.3 Å². The molecule has 0 unspecified atom stereocenters. The molecule has 0 radical (unpaired) electrons. The van der Waals surface area contributed by atoms with Crippen LogP contribution in [0, 0.1) is 0 Å². The van der Waals surface area contributed by atoms with Gasteiger partial charge in [-0.05, 0) is 25.1 Å². The minimum Gasteiger partial charge on any atom is -0.333 e. The van der Waals surface area contributed by atoms with Gasteiger partial charge in [0.05, 0.1) is 17.7 Å². The predicted octanol–water partition coefficient (Wildman–Crippen LogP) is 2.18. The second-order valence-electron chi connectivity index (χ2n) is 6.98. The van der Waals surface area contributed by atoms with E-state index in [1.54, 1.807) is 6.92 Å². The zero-order chi connectivity index (χ0) is 25.3. The van der Waals surface area contributed by atoms with E-state index in [0.717, 1.165) is 28.3 Å². The number of carbonyl (C=O) groups excluding carboxylic acids is 3. The molecule has 1 fully saturated rings. The Morgan fingerprint density at radius 1 is 1.03 bits per heavy atom. The summed E-state index contributed by atoms with van der Waals surface area (Å²) in [4.78, 5) is 40.8. The Labute approximate surface area is 187 Å². The summed E-state index contributed by atoms with van der Waals surface area (Å²) in [5.74, 6) is -2.99. The van der Waals surface area contributed by atoms with E-state index in [2.05, 4.69) is 15.5 Å². The molecule has 1 N–H and O–H groups in total. The summed E-state index contributed by atoms with van der Waals surface area (Å²) in [6, 6.07) is 0.935. The molecule has 1 aliphatic heterocycles. The number of hydrogen-bond donors (Lipinski definition) is 1. The highest BCUT2D eigenvalue weighted by Crippen LogP contribution is 2.38. The van der Waals surface area contributed by atoms with E-state index in [1.807, 2.05) is 0 Å². The molecule has 0 saturated carbocycles. The summed E-state index contributed by atoms with van der Waals surface area (Å²) in [5, 5.41) is 4.58. The topological polar surface area (TPSA) is 100 Å². The van der Waals surface area contributed by atoms with E-state index in [9.17, 15) is 40.7 Å². The van der Waals surface area contributed by atoms with Crippen LogP contribution in [0.1, 0.15) is 18.1 Å². The average molecular weight is 490 g/mol. The van der Waals surface area contributed by atoms with Crippen LogP contribution in [0.2, 0.25) is 0 Å². The van der Waals surface area contributed by atoms with Gasteiger partial charge in [-0.15, -0.1) is 5.10 Å². The Bertz CT molecular complexity index is 1110. The van der Waals surface area contributed by atoms with E-state index in [1.165, 1.54) is 4.90 Å². The highest BCUT2D eigenvalue weighted by atomic mass is 19.4. The van der Waals surface area contributed by atoms with Gasteiger partial charge >= 0.3 is 24.2 Å². The van der Waals surface area contributed by atoms with Gasteiger partial charge in [0.1, 0.15) is 6.33 Å². The Hall–Kier alpha value is -3.91. The Morgan fingerprint density at radius 3 is 2.21 bits per heavy atom. The lowest BCUT2D eigenvalue weighted by molar-refractivity contribution is -0.159. The van der Waals surface area contributed by atoms with Crippen molar-refractivity contribution in [3.8, 4) is 11.4 Å². The van der Waals surface area contributed by atoms with Gasteiger partial charge in [-0.2, -0.15) is 26.3 Å². The van der Waals surface area contributed by atoms with Crippen LogP contribution in [-0.4, -0.2) is 62.0 Å². The van der Waals surface area contributed by atoms with Crippen LogP contribution < -0.4 is 5.43 Å². The predicted molar refractivity (Wildman–Crippen MR) is 103 cm³/mol. The Morgan fingerprint density at radius 2 is 1.65 bits per heavy atom. The Balaban J connectivity index is 1.75. The molecule has 1 aromatic heterocycles. The zero-order valence-corrected chi connectivity index (χ0v) is 17.3. The first-order chi connectivity index (χ1) is 15.8. The zero-order valence-electron chi connectivity index (χ0n) is 17.3. The molecule has 9 nitrogen and oxygen atoms in total. The van der Waals surface area contributed by atoms with Crippen LogP contribution in [0.15, 0.2) is 30.6 Å². The number of likely N-dealkylation sites (N-methyl/N-ethyl adjacent to an activating group) is 1. The fourth-order valence-corrected chi connectivity index (χ4v) is 2.96. The van der Waals surface area contributed by atoms with Crippen LogP contribution in [-0.2, 0) is 26.7 Å². The maximum absolute atomic E-state index is 13.0. The van der Waals surface area contributed by atoms with Crippen molar-refractivity contribution in [2.75, 3.05) is 19.6 Å². The number of aromatic nitrogens is 3. The number of halogens is 6. The molecule has 0 bridgehead atoms. The molecule has 1 aromatic carbocycles. The lowest BCUT2D eigenvalue weighted by atomic mass is 10.0. The van der Waals surface area contributed by atoms with Gasteiger partial charge in [0.2, 0.25) is 0 Å². The SMILES string of the molecule is CCN1CCN(NC(=O)/C=C\n2cnc(-c3cc(C(F)(F)F)cc(C(F)(F)F)c3)n2)C(=O)C1=O. The number of nitrogens with one attached hydrogen (secondary N) is 1. The van der Waals surface area contributed by atoms with E-state index in [4.69, 9.17) is 0 Å². The number of alkyl halides is 6. The molecular weight excluding hydrogens is 474 g/mol. The summed E-state index contributed by atoms with van der Waals surface area (Å²) in [7, 11) is 0. The number of nitrogens with zero attached hydrogens (tertiary/aromatic N) is 5. The van der Waals surface area contributed by atoms with Crippen molar-refractivity contribution in [1.29, 1.82) is 0 Å². The van der Waals surface area contributed by atoms with Crippen LogP contribution in [0.3, 0.4) is 0 Å². The molecule has 0 atom stereocenters. The van der Waals surface area contributed by atoms with Gasteiger partial charge in [0, 0.05) is 30.9 Å². The minimum absolute atomic E-state index is 0.0168. The first kappa shape index (κ1) is 24.7. The smallest absolute Gasteiger partial charge is 0.333 e. The van der Waals surface area contributed by atoms with Gasteiger partial charge < -0.3 is 4.90 Å². The Kier molecular flexibility index (Phi) is 6.65. The van der Waals surface area contributed by atoms with Gasteiger partial charge in [0.15, 0.2) is 5.82 Å². The standard InChI is InChI=1S/C19H16F6N6O3/c1-2-29-5-6-31(17(34)16(29)33)27-14(32)3-4-30-10-26-15(28-30)11-7-12(18(20,21)22)9-13(8-11)19(23,24)25/h3-4,7-10H,2,5-6H2,1H3,(H,27,32)/b4-3-. The first-order valence-electron chi connectivity index (χ1n) is 9.60. The second kappa shape index (κ2) is 9.15. The number of hydrogen-bond acceptors (Lipinski definition) is 5. The van der Waals surface area contributed by atoms with Crippen LogP contribution in [0.4, 0.5) is 26.3 Å². The number of hydrazine groups is 1. The highest BCUT2D eigenvalue weighted by molar-refractivity contribution is 6.35. The number of rotatable bonds is 5. The summed E-state index contributed by atoms with van der Waals surface area (Å²) in [6.45, 7) is 2.30. The van der Waals surface area contributed by atoms with Crippen molar-refractivity contribution in [3.05, 3.63) is 41.7 Å².